The molecule has 4 aromatic rings. The van der Waals surface area contributed by atoms with E-state index in [2.05, 4.69) is 15.0 Å². The van der Waals surface area contributed by atoms with Crippen molar-refractivity contribution in [1.29, 1.82) is 5.41 Å². The predicted molar refractivity (Wildman–Crippen MR) is 114 cm³/mol. The summed E-state index contributed by atoms with van der Waals surface area (Å²) in [5, 5.41) is 28.2. The Morgan fingerprint density at radius 2 is 1.91 bits per heavy atom. The summed E-state index contributed by atoms with van der Waals surface area (Å²) in [6.07, 6.45) is 0. The van der Waals surface area contributed by atoms with Crippen LogP contribution in [-0.2, 0) is 0 Å². The van der Waals surface area contributed by atoms with Crippen molar-refractivity contribution in [3.8, 4) is 22.8 Å². The number of non-ortho nitro benzene ring substituents is 1. The van der Waals surface area contributed by atoms with E-state index in [1.807, 2.05) is 6.92 Å². The molecule has 0 amide bonds. The molecule has 0 atom stereocenters. The number of hydrogen-bond acceptors (Lipinski definition) is 8. The Balaban J connectivity index is 1.93. The highest BCUT2D eigenvalue weighted by atomic mass is 16.6. The molecule has 32 heavy (non-hydrogen) atoms. The molecule has 12 nitrogen and oxygen atoms in total. The van der Waals surface area contributed by atoms with Crippen molar-refractivity contribution in [2.75, 3.05) is 6.61 Å². The van der Waals surface area contributed by atoms with Gasteiger partial charge in [0.15, 0.2) is 17.3 Å². The Kier molecular flexibility index (Phi) is 5.35. The van der Waals surface area contributed by atoms with Crippen molar-refractivity contribution in [1.82, 2.24) is 25.0 Å². The lowest BCUT2D eigenvalue weighted by molar-refractivity contribution is -0.384. The molecule has 2 aromatic carbocycles. The van der Waals surface area contributed by atoms with E-state index >= 15 is 0 Å². The zero-order chi connectivity index (χ0) is 22.8. The van der Waals surface area contributed by atoms with Crippen LogP contribution in [0.3, 0.4) is 0 Å². The summed E-state index contributed by atoms with van der Waals surface area (Å²) in [6, 6.07) is 12.3. The fraction of sp³-hybridized carbons (Fsp3) is 0.100. The van der Waals surface area contributed by atoms with E-state index in [0.717, 1.165) is 0 Å². The number of fused-ring (bicyclic) bond motifs is 1. The standard InChI is InChI=1S/C20H17N7O5/c1-2-32-14-9-3-11(4-10-14)18-22-15(17(21)25-29)16-19(24-18)26(20(28)23-16)12-5-7-13(8-6-12)27(30)31/h3-10,29H,2H2,1H3,(H2,21,25)(H,23,28). The number of benzene rings is 2. The van der Waals surface area contributed by atoms with Gasteiger partial charge in [0.2, 0.25) is 0 Å². The maximum Gasteiger partial charge on any atom is 0.332 e. The molecule has 4 rings (SSSR count). The Hall–Kier alpha value is -4.58. The van der Waals surface area contributed by atoms with E-state index in [4.69, 9.17) is 10.1 Å². The number of H-pyrrole nitrogens is 1. The van der Waals surface area contributed by atoms with Crippen molar-refractivity contribution in [2.45, 2.75) is 6.92 Å². The SMILES string of the molecule is CCOc1ccc(-c2nc(C(=N)NO)c3[nH]c(=O)n(-c4ccc([N+](=O)[O-])cc4)c3n2)cc1. The minimum atomic E-state index is -0.584. The summed E-state index contributed by atoms with van der Waals surface area (Å²) < 4.78 is 6.65. The van der Waals surface area contributed by atoms with Crippen LogP contribution in [0.1, 0.15) is 12.6 Å². The van der Waals surface area contributed by atoms with Crippen LogP contribution in [-0.4, -0.2) is 42.1 Å². The maximum atomic E-state index is 12.7. The van der Waals surface area contributed by atoms with E-state index in [1.165, 1.54) is 28.8 Å². The highest BCUT2D eigenvalue weighted by molar-refractivity contribution is 6.04. The molecule has 0 unspecified atom stereocenters. The average Bonchev–Trinajstić information content (AvgIpc) is 3.14. The van der Waals surface area contributed by atoms with Gasteiger partial charge in [0.25, 0.3) is 5.69 Å². The molecule has 0 saturated carbocycles. The van der Waals surface area contributed by atoms with Crippen molar-refractivity contribution in [2.24, 2.45) is 0 Å². The molecule has 2 heterocycles. The first-order valence-electron chi connectivity index (χ1n) is 9.42. The highest BCUT2D eigenvalue weighted by Crippen LogP contribution is 2.24. The van der Waals surface area contributed by atoms with E-state index in [0.29, 0.717) is 23.6 Å². The predicted octanol–water partition coefficient (Wildman–Crippen LogP) is 2.39. The first-order chi connectivity index (χ1) is 15.4. The topological polar surface area (TPSA) is 172 Å². The number of nitrogens with one attached hydrogen (secondary N) is 3. The number of nitrogens with zero attached hydrogens (tertiary/aromatic N) is 4. The third-order valence-corrected chi connectivity index (χ3v) is 4.63. The van der Waals surface area contributed by atoms with Crippen molar-refractivity contribution in [3.63, 3.8) is 0 Å². The number of hydrogen-bond donors (Lipinski definition) is 4. The Morgan fingerprint density at radius 3 is 2.50 bits per heavy atom. The van der Waals surface area contributed by atoms with Crippen LogP contribution >= 0.6 is 0 Å². The second-order valence-electron chi connectivity index (χ2n) is 6.58. The van der Waals surface area contributed by atoms with Gasteiger partial charge in [-0.25, -0.2) is 19.3 Å². The Bertz CT molecular complexity index is 1370. The highest BCUT2D eigenvalue weighted by Gasteiger charge is 2.20. The van der Waals surface area contributed by atoms with E-state index in [9.17, 15) is 20.1 Å². The largest absolute Gasteiger partial charge is 0.494 e. The minimum absolute atomic E-state index is 0.0286. The summed E-state index contributed by atoms with van der Waals surface area (Å²) >= 11 is 0. The molecule has 0 aliphatic rings. The van der Waals surface area contributed by atoms with Gasteiger partial charge in [-0.1, -0.05) is 0 Å². The number of ether oxygens (including phenoxy) is 1. The van der Waals surface area contributed by atoms with Crippen LogP contribution in [0.5, 0.6) is 5.75 Å². The molecular formula is C20H17N7O5. The number of nitro groups is 1. The summed E-state index contributed by atoms with van der Waals surface area (Å²) in [4.78, 5) is 34.5. The second kappa shape index (κ2) is 8.28. The third-order valence-electron chi connectivity index (χ3n) is 4.63. The number of rotatable bonds is 6. The lowest BCUT2D eigenvalue weighted by Gasteiger charge is -2.09. The fourth-order valence-corrected chi connectivity index (χ4v) is 3.18. The van der Waals surface area contributed by atoms with Gasteiger partial charge in [-0.2, -0.15) is 0 Å². The smallest absolute Gasteiger partial charge is 0.332 e. The lowest BCUT2D eigenvalue weighted by Crippen LogP contribution is -2.21. The molecule has 12 heteroatoms. The summed E-state index contributed by atoms with van der Waals surface area (Å²) in [7, 11) is 0. The van der Waals surface area contributed by atoms with Gasteiger partial charge in [-0.15, -0.1) is 0 Å². The van der Waals surface area contributed by atoms with Gasteiger partial charge >= 0.3 is 5.69 Å². The Labute approximate surface area is 179 Å². The first kappa shape index (κ1) is 20.7. The molecule has 0 spiro atoms. The van der Waals surface area contributed by atoms with Crippen molar-refractivity contribution in [3.05, 3.63) is 74.8 Å². The van der Waals surface area contributed by atoms with Gasteiger partial charge < -0.3 is 9.72 Å². The van der Waals surface area contributed by atoms with Crippen LogP contribution in [0.2, 0.25) is 0 Å². The molecule has 162 valence electrons. The summed E-state index contributed by atoms with van der Waals surface area (Å²) in [5.41, 5.74) is 2.17. The summed E-state index contributed by atoms with van der Waals surface area (Å²) in [5.74, 6) is 0.415. The number of nitro benzene ring substituents is 1. The van der Waals surface area contributed by atoms with Crippen molar-refractivity contribution < 1.29 is 14.9 Å². The number of aromatic nitrogens is 4. The Morgan fingerprint density at radius 1 is 1.22 bits per heavy atom. The zero-order valence-electron chi connectivity index (χ0n) is 16.7. The molecule has 4 N–H and O–H groups in total. The minimum Gasteiger partial charge on any atom is -0.494 e. The molecule has 0 saturated heterocycles. The normalized spacial score (nSPS) is 10.8. The summed E-state index contributed by atoms with van der Waals surface area (Å²) in [6.45, 7) is 2.38. The van der Waals surface area contributed by atoms with E-state index < -0.39 is 16.4 Å². The van der Waals surface area contributed by atoms with Crippen LogP contribution in [0, 0.1) is 15.5 Å². The zero-order valence-corrected chi connectivity index (χ0v) is 16.7. The number of aromatic amines is 1. The van der Waals surface area contributed by atoms with Crippen LogP contribution in [0.4, 0.5) is 5.69 Å². The molecule has 0 bridgehead atoms. The maximum absolute atomic E-state index is 12.7. The second-order valence-corrected chi connectivity index (χ2v) is 6.58. The van der Waals surface area contributed by atoms with Crippen molar-refractivity contribution >= 4 is 22.7 Å². The van der Waals surface area contributed by atoms with Crippen LogP contribution < -0.4 is 15.9 Å². The molecular weight excluding hydrogens is 418 g/mol. The van der Waals surface area contributed by atoms with Gasteiger partial charge in [-0.05, 0) is 43.3 Å². The lowest BCUT2D eigenvalue weighted by atomic mass is 10.2. The van der Waals surface area contributed by atoms with Crippen LogP contribution in [0.25, 0.3) is 28.2 Å². The molecule has 0 aliphatic heterocycles. The van der Waals surface area contributed by atoms with Gasteiger partial charge in [0.05, 0.1) is 17.2 Å². The average molecular weight is 435 g/mol. The quantitative estimate of drug-likeness (QED) is 0.155. The monoisotopic (exact) mass is 435 g/mol. The van der Waals surface area contributed by atoms with E-state index in [1.54, 1.807) is 29.7 Å². The van der Waals surface area contributed by atoms with Crippen LogP contribution in [0.15, 0.2) is 53.3 Å². The van der Waals surface area contributed by atoms with Gasteiger partial charge in [0.1, 0.15) is 17.0 Å². The number of hydroxylamine groups is 1. The molecule has 2 aromatic heterocycles. The molecule has 0 radical (unpaired) electrons. The molecule has 0 aliphatic carbocycles. The number of imidazole rings is 1. The van der Waals surface area contributed by atoms with E-state index in [-0.39, 0.29) is 28.4 Å². The van der Waals surface area contributed by atoms with Gasteiger partial charge in [-0.3, -0.25) is 26.2 Å². The first-order valence-corrected chi connectivity index (χ1v) is 9.42. The fourth-order valence-electron chi connectivity index (χ4n) is 3.18. The third kappa shape index (κ3) is 3.65. The number of amidine groups is 1. The van der Waals surface area contributed by atoms with Gasteiger partial charge in [0, 0.05) is 17.7 Å². The molecule has 0 fully saturated rings.